The van der Waals surface area contributed by atoms with Gasteiger partial charge >= 0.3 is 11.9 Å². The van der Waals surface area contributed by atoms with Crippen LogP contribution in [0, 0.1) is 6.92 Å². The summed E-state index contributed by atoms with van der Waals surface area (Å²) < 4.78 is 9.97. The van der Waals surface area contributed by atoms with Crippen molar-refractivity contribution < 1.29 is 23.9 Å². The molecule has 2 aromatic carbocycles. The monoisotopic (exact) mass is 437 g/mol. The van der Waals surface area contributed by atoms with E-state index in [0.717, 1.165) is 22.5 Å². The third-order valence-electron chi connectivity index (χ3n) is 4.76. The van der Waals surface area contributed by atoms with Crippen molar-refractivity contribution in [2.45, 2.75) is 19.8 Å². The summed E-state index contributed by atoms with van der Waals surface area (Å²) in [6.45, 7) is 3.50. The number of ether oxygens (including phenoxy) is 2. The molecule has 0 saturated carbocycles. The molecule has 0 unspecified atom stereocenters. The molecule has 160 valence electrons. The van der Waals surface area contributed by atoms with Gasteiger partial charge in [0.15, 0.2) is 0 Å². The van der Waals surface area contributed by atoms with Crippen LogP contribution >= 0.6 is 11.3 Å². The normalized spacial score (nSPS) is 10.6. The van der Waals surface area contributed by atoms with Gasteiger partial charge in [-0.3, -0.25) is 4.79 Å². The molecular formula is C24H23NO5S. The van der Waals surface area contributed by atoms with E-state index >= 15 is 0 Å². The zero-order valence-corrected chi connectivity index (χ0v) is 18.3. The maximum atomic E-state index is 13.4. The minimum absolute atomic E-state index is 0.167. The summed E-state index contributed by atoms with van der Waals surface area (Å²) >= 11 is 1.00. The minimum atomic E-state index is -0.599. The predicted octanol–water partition coefficient (Wildman–Crippen LogP) is 4.79. The Labute approximate surface area is 184 Å². The molecule has 0 bridgehead atoms. The van der Waals surface area contributed by atoms with Gasteiger partial charge in [0.2, 0.25) is 5.91 Å². The first-order chi connectivity index (χ1) is 15.0. The van der Waals surface area contributed by atoms with Crippen LogP contribution in [0.3, 0.4) is 0 Å². The maximum absolute atomic E-state index is 13.4. The van der Waals surface area contributed by atoms with E-state index in [0.29, 0.717) is 5.56 Å². The number of nitrogens with one attached hydrogen (secondary N) is 1. The van der Waals surface area contributed by atoms with Crippen LogP contribution in [0.4, 0.5) is 5.00 Å². The highest BCUT2D eigenvalue weighted by atomic mass is 32.1. The fourth-order valence-corrected chi connectivity index (χ4v) is 4.42. The molecule has 0 fully saturated rings. The number of carbonyl (C=O) groups excluding carboxylic acids is 3. The summed E-state index contributed by atoms with van der Waals surface area (Å²) in [6, 6.07) is 18.8. The zero-order valence-electron chi connectivity index (χ0n) is 17.5. The number of thiophene rings is 1. The SMILES string of the molecule is CCOC(=O)c1c(NC(=O)C(c2ccccc2)c2ccccc2)sc(C(=O)OC)c1C. The van der Waals surface area contributed by atoms with Crippen LogP contribution in [-0.4, -0.2) is 31.6 Å². The molecule has 3 aromatic rings. The number of hydrogen-bond acceptors (Lipinski definition) is 6. The number of carbonyl (C=O) groups is 3. The summed E-state index contributed by atoms with van der Waals surface area (Å²) in [6.07, 6.45) is 0. The molecule has 1 N–H and O–H groups in total. The largest absolute Gasteiger partial charge is 0.465 e. The first-order valence-corrected chi connectivity index (χ1v) is 10.6. The lowest BCUT2D eigenvalue weighted by Crippen LogP contribution is -2.23. The van der Waals surface area contributed by atoms with Gasteiger partial charge in [0, 0.05) is 0 Å². The molecule has 1 amide bonds. The molecule has 0 atom stereocenters. The smallest absolute Gasteiger partial charge is 0.348 e. The summed E-state index contributed by atoms with van der Waals surface area (Å²) in [7, 11) is 1.27. The van der Waals surface area contributed by atoms with Crippen molar-refractivity contribution >= 4 is 34.2 Å². The van der Waals surface area contributed by atoms with Crippen LogP contribution in [0.25, 0.3) is 0 Å². The van der Waals surface area contributed by atoms with Crippen molar-refractivity contribution in [3.8, 4) is 0 Å². The molecule has 0 aliphatic rings. The minimum Gasteiger partial charge on any atom is -0.465 e. The molecule has 6 nitrogen and oxygen atoms in total. The number of benzene rings is 2. The van der Waals surface area contributed by atoms with Gasteiger partial charge < -0.3 is 14.8 Å². The molecule has 1 aromatic heterocycles. The van der Waals surface area contributed by atoms with Gasteiger partial charge in [-0.05, 0) is 30.5 Å². The number of anilines is 1. The Balaban J connectivity index is 2.04. The lowest BCUT2D eigenvalue weighted by Gasteiger charge is -2.18. The van der Waals surface area contributed by atoms with E-state index in [9.17, 15) is 14.4 Å². The number of methoxy groups -OCH3 is 1. The topological polar surface area (TPSA) is 81.7 Å². The molecule has 3 rings (SSSR count). The quantitative estimate of drug-likeness (QED) is 0.538. The highest BCUT2D eigenvalue weighted by Gasteiger charge is 2.29. The fraction of sp³-hybridized carbons (Fsp3) is 0.208. The summed E-state index contributed by atoms with van der Waals surface area (Å²) in [5.41, 5.74) is 2.21. The van der Waals surface area contributed by atoms with Gasteiger partial charge in [-0.25, -0.2) is 9.59 Å². The summed E-state index contributed by atoms with van der Waals surface area (Å²) in [4.78, 5) is 38.4. The average molecular weight is 438 g/mol. The second kappa shape index (κ2) is 10.0. The first-order valence-electron chi connectivity index (χ1n) is 9.77. The van der Waals surface area contributed by atoms with Crippen molar-refractivity contribution in [1.82, 2.24) is 0 Å². The van der Waals surface area contributed by atoms with Gasteiger partial charge in [0.25, 0.3) is 0 Å². The van der Waals surface area contributed by atoms with Crippen LogP contribution in [0.2, 0.25) is 0 Å². The van der Waals surface area contributed by atoms with E-state index in [1.54, 1.807) is 13.8 Å². The van der Waals surface area contributed by atoms with E-state index in [4.69, 9.17) is 9.47 Å². The maximum Gasteiger partial charge on any atom is 0.348 e. The van der Waals surface area contributed by atoms with Crippen LogP contribution in [-0.2, 0) is 14.3 Å². The molecule has 0 spiro atoms. The zero-order chi connectivity index (χ0) is 22.4. The fourth-order valence-electron chi connectivity index (χ4n) is 3.31. The third kappa shape index (κ3) is 4.83. The predicted molar refractivity (Wildman–Crippen MR) is 120 cm³/mol. The average Bonchev–Trinajstić information content (AvgIpc) is 3.10. The summed E-state index contributed by atoms with van der Waals surface area (Å²) in [5, 5.41) is 3.12. The molecule has 0 aliphatic heterocycles. The van der Waals surface area contributed by atoms with E-state index < -0.39 is 17.9 Å². The number of esters is 2. The molecule has 31 heavy (non-hydrogen) atoms. The summed E-state index contributed by atoms with van der Waals surface area (Å²) in [5.74, 6) is -2.09. The molecule has 1 heterocycles. The highest BCUT2D eigenvalue weighted by Crippen LogP contribution is 2.36. The lowest BCUT2D eigenvalue weighted by atomic mass is 9.90. The highest BCUT2D eigenvalue weighted by molar-refractivity contribution is 7.18. The van der Waals surface area contributed by atoms with Gasteiger partial charge in [0.1, 0.15) is 9.88 Å². The van der Waals surface area contributed by atoms with Gasteiger partial charge in [-0.15, -0.1) is 11.3 Å². The van der Waals surface area contributed by atoms with Crippen LogP contribution in [0.5, 0.6) is 0 Å². The van der Waals surface area contributed by atoms with E-state index in [2.05, 4.69) is 5.32 Å². The van der Waals surface area contributed by atoms with Crippen LogP contribution < -0.4 is 5.32 Å². The van der Waals surface area contributed by atoms with E-state index in [-0.39, 0.29) is 28.0 Å². The Bertz CT molecular complexity index is 1040. The van der Waals surface area contributed by atoms with Crippen molar-refractivity contribution in [3.05, 3.63) is 87.8 Å². The van der Waals surface area contributed by atoms with Crippen molar-refractivity contribution in [2.75, 3.05) is 19.0 Å². The molecule has 7 heteroatoms. The molecular weight excluding hydrogens is 414 g/mol. The Kier molecular flexibility index (Phi) is 7.20. The van der Waals surface area contributed by atoms with E-state index in [1.165, 1.54) is 7.11 Å². The van der Waals surface area contributed by atoms with Crippen molar-refractivity contribution in [1.29, 1.82) is 0 Å². The standard InChI is InChI=1S/C24H23NO5S/c1-4-30-23(27)18-15(2)20(24(28)29-3)31-22(18)25-21(26)19(16-11-7-5-8-12-16)17-13-9-6-10-14-17/h5-14,19H,4H2,1-3H3,(H,25,26). The Morgan fingerprint density at radius 1 is 0.935 bits per heavy atom. The number of rotatable bonds is 7. The molecule has 0 saturated heterocycles. The molecule has 0 radical (unpaired) electrons. The second-order valence-electron chi connectivity index (χ2n) is 6.72. The van der Waals surface area contributed by atoms with Gasteiger partial charge in [-0.1, -0.05) is 60.7 Å². The number of amides is 1. The van der Waals surface area contributed by atoms with Gasteiger partial charge in [0.05, 0.1) is 25.2 Å². The Morgan fingerprint density at radius 3 is 1.97 bits per heavy atom. The Hall–Kier alpha value is -3.45. The second-order valence-corrected chi connectivity index (χ2v) is 7.74. The number of hydrogen-bond donors (Lipinski definition) is 1. The van der Waals surface area contributed by atoms with Crippen molar-refractivity contribution in [3.63, 3.8) is 0 Å². The molecule has 0 aliphatic carbocycles. The lowest BCUT2D eigenvalue weighted by molar-refractivity contribution is -0.116. The first kappa shape index (κ1) is 22.2. The van der Waals surface area contributed by atoms with Crippen LogP contribution in [0.1, 0.15) is 49.6 Å². The van der Waals surface area contributed by atoms with Crippen molar-refractivity contribution in [2.24, 2.45) is 0 Å². The third-order valence-corrected chi connectivity index (χ3v) is 5.95. The van der Waals surface area contributed by atoms with Crippen LogP contribution in [0.15, 0.2) is 60.7 Å². The Morgan fingerprint density at radius 2 is 1.48 bits per heavy atom. The van der Waals surface area contributed by atoms with Gasteiger partial charge in [-0.2, -0.15) is 0 Å². The van der Waals surface area contributed by atoms with E-state index in [1.807, 2.05) is 60.7 Å².